The van der Waals surface area contributed by atoms with Crippen LogP contribution in [0.3, 0.4) is 0 Å². The molecule has 0 aliphatic rings. The molecule has 0 fully saturated rings. The van der Waals surface area contributed by atoms with E-state index in [-0.39, 0.29) is 13.2 Å². The molecule has 0 amide bonds. The minimum Gasteiger partial charge on any atom is -0.463 e. The highest BCUT2D eigenvalue weighted by Gasteiger charge is 2.01. The summed E-state index contributed by atoms with van der Waals surface area (Å²) in [6.07, 6.45) is 23.0. The second-order valence-corrected chi connectivity index (χ2v) is 7.70. The Labute approximate surface area is 178 Å². The first-order valence-electron chi connectivity index (χ1n) is 11.8. The van der Waals surface area contributed by atoms with Gasteiger partial charge in [-0.1, -0.05) is 103 Å². The van der Waals surface area contributed by atoms with Crippen molar-refractivity contribution in [3.05, 3.63) is 12.2 Å². The lowest BCUT2D eigenvalue weighted by molar-refractivity contribution is -0.141. The molecule has 0 unspecified atom stereocenters. The molecule has 5 heteroatoms. The van der Waals surface area contributed by atoms with Crippen LogP contribution in [-0.2, 0) is 19.1 Å². The van der Waals surface area contributed by atoms with Crippen molar-refractivity contribution in [3.8, 4) is 0 Å². The first-order valence-corrected chi connectivity index (χ1v) is 11.8. The van der Waals surface area contributed by atoms with Crippen molar-refractivity contribution in [2.24, 2.45) is 0 Å². The van der Waals surface area contributed by atoms with Gasteiger partial charge in [0.05, 0.1) is 13.2 Å². The predicted molar refractivity (Wildman–Crippen MR) is 118 cm³/mol. The van der Waals surface area contributed by atoms with Crippen LogP contribution >= 0.6 is 0 Å². The number of unbranched alkanes of at least 4 members (excludes halogenated alkanes) is 15. The molecule has 0 aromatic rings. The average Bonchev–Trinajstić information content (AvgIpc) is 2.72. The maximum absolute atomic E-state index is 11.4. The van der Waals surface area contributed by atoms with Crippen LogP contribution < -0.4 is 0 Å². The highest BCUT2D eigenvalue weighted by Crippen LogP contribution is 2.13. The van der Waals surface area contributed by atoms with Gasteiger partial charge in [-0.15, -0.1) is 0 Å². The maximum atomic E-state index is 11.4. The molecule has 0 aliphatic heterocycles. The molecule has 170 valence electrons. The zero-order chi connectivity index (χ0) is 21.4. The third-order valence-corrected chi connectivity index (χ3v) is 4.93. The lowest BCUT2D eigenvalue weighted by Crippen LogP contribution is -2.07. The fraction of sp³-hybridized carbons (Fsp3) is 0.833. The summed E-state index contributed by atoms with van der Waals surface area (Å²) in [5.41, 5.74) is 0. The molecule has 5 nitrogen and oxygen atoms in total. The SMILES string of the molecule is CCCCCCCCCCCCCCCCCCOC(=O)/C=C/C(=O)OCCO. The van der Waals surface area contributed by atoms with Crippen LogP contribution in [0, 0.1) is 0 Å². The topological polar surface area (TPSA) is 72.8 Å². The van der Waals surface area contributed by atoms with Crippen LogP contribution in [0.25, 0.3) is 0 Å². The van der Waals surface area contributed by atoms with Crippen molar-refractivity contribution >= 4 is 11.9 Å². The van der Waals surface area contributed by atoms with Crippen LogP contribution in [0.1, 0.15) is 110 Å². The summed E-state index contributed by atoms with van der Waals surface area (Å²) in [5.74, 6) is -1.19. The molecule has 0 spiro atoms. The predicted octanol–water partition coefficient (Wildman–Crippen LogP) is 5.88. The van der Waals surface area contributed by atoms with Gasteiger partial charge in [-0.2, -0.15) is 0 Å². The Morgan fingerprint density at radius 3 is 1.31 bits per heavy atom. The molecule has 0 aliphatic carbocycles. The Hall–Kier alpha value is -1.36. The third-order valence-electron chi connectivity index (χ3n) is 4.93. The van der Waals surface area contributed by atoms with E-state index in [1.54, 1.807) is 0 Å². The number of carbonyl (C=O) groups is 2. The summed E-state index contributed by atoms with van der Waals surface area (Å²) in [4.78, 5) is 22.5. The summed E-state index contributed by atoms with van der Waals surface area (Å²) in [7, 11) is 0. The molecule has 0 aromatic carbocycles. The van der Waals surface area contributed by atoms with Crippen LogP contribution in [0.4, 0.5) is 0 Å². The number of rotatable bonds is 21. The monoisotopic (exact) mass is 412 g/mol. The molecule has 0 radical (unpaired) electrons. The van der Waals surface area contributed by atoms with E-state index >= 15 is 0 Å². The normalized spacial score (nSPS) is 11.1. The Morgan fingerprint density at radius 1 is 0.586 bits per heavy atom. The molecule has 0 atom stereocenters. The van der Waals surface area contributed by atoms with Gasteiger partial charge in [-0.05, 0) is 6.42 Å². The molecule has 0 aromatic heterocycles. The van der Waals surface area contributed by atoms with Gasteiger partial charge in [0.15, 0.2) is 0 Å². The van der Waals surface area contributed by atoms with E-state index in [2.05, 4.69) is 11.7 Å². The lowest BCUT2D eigenvalue weighted by atomic mass is 10.0. The minimum atomic E-state index is -0.654. The fourth-order valence-corrected chi connectivity index (χ4v) is 3.20. The van der Waals surface area contributed by atoms with E-state index < -0.39 is 11.9 Å². The lowest BCUT2D eigenvalue weighted by Gasteiger charge is -2.04. The number of carbonyl (C=O) groups excluding carboxylic acids is 2. The van der Waals surface area contributed by atoms with Gasteiger partial charge in [-0.25, -0.2) is 9.59 Å². The molecule has 0 saturated carbocycles. The molecular weight excluding hydrogens is 368 g/mol. The van der Waals surface area contributed by atoms with Crippen molar-refractivity contribution in [3.63, 3.8) is 0 Å². The second-order valence-electron chi connectivity index (χ2n) is 7.70. The summed E-state index contributed by atoms with van der Waals surface area (Å²) in [6.45, 7) is 2.34. The van der Waals surface area contributed by atoms with E-state index in [9.17, 15) is 9.59 Å². The van der Waals surface area contributed by atoms with Crippen molar-refractivity contribution in [1.29, 1.82) is 0 Å². The van der Waals surface area contributed by atoms with Crippen molar-refractivity contribution in [2.45, 2.75) is 110 Å². The highest BCUT2D eigenvalue weighted by molar-refractivity contribution is 5.91. The van der Waals surface area contributed by atoms with E-state index in [1.165, 1.54) is 89.9 Å². The molecule has 1 N–H and O–H groups in total. The van der Waals surface area contributed by atoms with Crippen LogP contribution in [0.2, 0.25) is 0 Å². The Morgan fingerprint density at radius 2 is 0.931 bits per heavy atom. The molecule has 29 heavy (non-hydrogen) atoms. The molecular formula is C24H44O5. The summed E-state index contributed by atoms with van der Waals surface area (Å²) >= 11 is 0. The van der Waals surface area contributed by atoms with Crippen molar-refractivity contribution < 1.29 is 24.2 Å². The quantitative estimate of drug-likeness (QED) is 0.145. The van der Waals surface area contributed by atoms with E-state index in [0.29, 0.717) is 6.61 Å². The summed E-state index contributed by atoms with van der Waals surface area (Å²) < 4.78 is 9.63. The van der Waals surface area contributed by atoms with Gasteiger partial charge in [0.25, 0.3) is 0 Å². The highest BCUT2D eigenvalue weighted by atomic mass is 16.5. The van der Waals surface area contributed by atoms with Gasteiger partial charge < -0.3 is 14.6 Å². The summed E-state index contributed by atoms with van der Waals surface area (Å²) in [6, 6.07) is 0. The smallest absolute Gasteiger partial charge is 0.331 e. The molecule has 0 saturated heterocycles. The number of aliphatic hydroxyl groups is 1. The number of aliphatic hydroxyl groups excluding tert-OH is 1. The first kappa shape index (κ1) is 27.6. The van der Waals surface area contributed by atoms with Crippen LogP contribution in [0.5, 0.6) is 0 Å². The van der Waals surface area contributed by atoms with Crippen LogP contribution in [-0.4, -0.2) is 36.9 Å². The number of hydrogen-bond acceptors (Lipinski definition) is 5. The second kappa shape index (κ2) is 22.9. The standard InChI is InChI=1S/C24H44O5/c1-2-3-4-5-6-7-8-9-10-11-12-13-14-15-16-17-21-28-23(26)18-19-24(27)29-22-20-25/h18-19,25H,2-17,20-22H2,1H3/b19-18+. The van der Waals surface area contributed by atoms with Gasteiger partial charge in [-0.3, -0.25) is 0 Å². The average molecular weight is 413 g/mol. The third kappa shape index (κ3) is 22.8. The molecule has 0 heterocycles. The van der Waals surface area contributed by atoms with Crippen molar-refractivity contribution in [2.75, 3.05) is 19.8 Å². The largest absolute Gasteiger partial charge is 0.463 e. The van der Waals surface area contributed by atoms with Crippen LogP contribution in [0.15, 0.2) is 12.2 Å². The molecule has 0 bridgehead atoms. The summed E-state index contributed by atoms with van der Waals surface area (Å²) in [5, 5.41) is 8.51. The van der Waals surface area contributed by atoms with Gasteiger partial charge in [0.1, 0.15) is 6.61 Å². The van der Waals surface area contributed by atoms with E-state index in [0.717, 1.165) is 25.0 Å². The zero-order valence-electron chi connectivity index (χ0n) is 18.7. The van der Waals surface area contributed by atoms with Gasteiger partial charge in [0.2, 0.25) is 0 Å². The zero-order valence-corrected chi connectivity index (χ0v) is 18.7. The number of ether oxygens (including phenoxy) is 2. The number of hydrogen-bond donors (Lipinski definition) is 1. The molecule has 0 rings (SSSR count). The van der Waals surface area contributed by atoms with Crippen molar-refractivity contribution in [1.82, 2.24) is 0 Å². The minimum absolute atomic E-state index is 0.0720. The first-order chi connectivity index (χ1) is 14.2. The van der Waals surface area contributed by atoms with Gasteiger partial charge in [0, 0.05) is 12.2 Å². The number of esters is 2. The van der Waals surface area contributed by atoms with Gasteiger partial charge >= 0.3 is 11.9 Å². The Kier molecular flexibility index (Phi) is 21.8. The Balaban J connectivity index is 3.24. The Bertz CT molecular complexity index is 406. The maximum Gasteiger partial charge on any atom is 0.331 e. The fourth-order valence-electron chi connectivity index (χ4n) is 3.20. The van der Waals surface area contributed by atoms with E-state index in [4.69, 9.17) is 9.84 Å². The van der Waals surface area contributed by atoms with E-state index in [1.807, 2.05) is 0 Å².